The zero-order valence-corrected chi connectivity index (χ0v) is 15.1. The lowest BCUT2D eigenvalue weighted by Gasteiger charge is -2.23. The Morgan fingerprint density at radius 3 is 2.42 bits per heavy atom. The quantitative estimate of drug-likeness (QED) is 0.817. The number of hydrogen-bond donors (Lipinski definition) is 2. The van der Waals surface area contributed by atoms with E-state index in [4.69, 9.17) is 11.6 Å². The van der Waals surface area contributed by atoms with Gasteiger partial charge in [0.05, 0.1) is 17.4 Å². The number of hydrogen-bond acceptors (Lipinski definition) is 3. The summed E-state index contributed by atoms with van der Waals surface area (Å²) in [5.74, 6) is -0.764. The summed E-state index contributed by atoms with van der Waals surface area (Å²) in [6.07, 6.45) is -2.42. The largest absolute Gasteiger partial charge is 0.434 e. The Morgan fingerprint density at radius 1 is 1.23 bits per heavy atom. The SMILES string of the molecule is Cl.O=C(NC1CCNCC1)c1cnn(-c2ccc(Cl)cc2)c1C(F)(F)F. The van der Waals surface area contributed by atoms with Crippen LogP contribution >= 0.6 is 24.0 Å². The van der Waals surface area contributed by atoms with Gasteiger partial charge in [0.25, 0.3) is 5.91 Å². The second-order valence-corrected chi connectivity index (χ2v) is 6.23. The summed E-state index contributed by atoms with van der Waals surface area (Å²) in [5.41, 5.74) is -1.40. The fraction of sp³-hybridized carbons (Fsp3) is 0.375. The van der Waals surface area contributed by atoms with Gasteiger partial charge < -0.3 is 10.6 Å². The summed E-state index contributed by atoms with van der Waals surface area (Å²) in [6, 6.07) is 5.62. The van der Waals surface area contributed by atoms with Gasteiger partial charge in [-0.15, -0.1) is 12.4 Å². The van der Waals surface area contributed by atoms with Gasteiger partial charge in [0.2, 0.25) is 0 Å². The molecule has 142 valence electrons. The zero-order chi connectivity index (χ0) is 18.0. The normalized spacial score (nSPS) is 15.4. The minimum Gasteiger partial charge on any atom is -0.349 e. The number of nitrogens with zero attached hydrogens (tertiary/aromatic N) is 2. The van der Waals surface area contributed by atoms with Crippen molar-refractivity contribution < 1.29 is 18.0 Å². The molecule has 2 aromatic rings. The number of rotatable bonds is 3. The molecule has 0 atom stereocenters. The van der Waals surface area contributed by atoms with Gasteiger partial charge in [0.15, 0.2) is 5.69 Å². The number of nitrogens with one attached hydrogen (secondary N) is 2. The first-order chi connectivity index (χ1) is 11.9. The first-order valence-electron chi connectivity index (χ1n) is 7.79. The Morgan fingerprint density at radius 2 is 1.85 bits per heavy atom. The number of alkyl halides is 3. The molecule has 1 amide bonds. The molecule has 0 bridgehead atoms. The lowest BCUT2D eigenvalue weighted by molar-refractivity contribution is -0.143. The van der Waals surface area contributed by atoms with E-state index >= 15 is 0 Å². The van der Waals surface area contributed by atoms with Crippen molar-refractivity contribution in [2.45, 2.75) is 25.1 Å². The smallest absolute Gasteiger partial charge is 0.349 e. The van der Waals surface area contributed by atoms with Gasteiger partial charge in [-0.25, -0.2) is 4.68 Å². The molecule has 1 aliphatic rings. The van der Waals surface area contributed by atoms with Crippen LogP contribution in [0.15, 0.2) is 30.5 Å². The fourth-order valence-electron chi connectivity index (χ4n) is 2.79. The van der Waals surface area contributed by atoms with E-state index in [1.807, 2.05) is 0 Å². The highest BCUT2D eigenvalue weighted by atomic mass is 35.5. The molecule has 10 heteroatoms. The molecule has 0 spiro atoms. The molecular weight excluding hydrogens is 392 g/mol. The van der Waals surface area contributed by atoms with E-state index < -0.39 is 23.3 Å². The van der Waals surface area contributed by atoms with Crippen LogP contribution < -0.4 is 10.6 Å². The van der Waals surface area contributed by atoms with Crippen LogP contribution in [-0.4, -0.2) is 34.8 Å². The van der Waals surface area contributed by atoms with Crippen LogP contribution in [0, 0.1) is 0 Å². The molecule has 1 aromatic carbocycles. The molecule has 1 saturated heterocycles. The van der Waals surface area contributed by atoms with E-state index in [1.54, 1.807) is 0 Å². The van der Waals surface area contributed by atoms with Crippen LogP contribution in [-0.2, 0) is 6.18 Å². The van der Waals surface area contributed by atoms with Crippen LogP contribution in [0.5, 0.6) is 0 Å². The number of halogens is 5. The van der Waals surface area contributed by atoms with E-state index in [2.05, 4.69) is 15.7 Å². The topological polar surface area (TPSA) is 59.0 Å². The molecule has 1 aliphatic heterocycles. The molecule has 26 heavy (non-hydrogen) atoms. The zero-order valence-electron chi connectivity index (χ0n) is 13.5. The van der Waals surface area contributed by atoms with E-state index in [1.165, 1.54) is 24.3 Å². The minimum atomic E-state index is -4.73. The van der Waals surface area contributed by atoms with Crippen LogP contribution in [0.1, 0.15) is 28.9 Å². The molecule has 0 aliphatic carbocycles. The van der Waals surface area contributed by atoms with E-state index in [-0.39, 0.29) is 24.1 Å². The highest BCUT2D eigenvalue weighted by molar-refractivity contribution is 6.30. The van der Waals surface area contributed by atoms with E-state index in [9.17, 15) is 18.0 Å². The van der Waals surface area contributed by atoms with Gasteiger partial charge in [-0.3, -0.25) is 4.79 Å². The average Bonchev–Trinajstić information content (AvgIpc) is 3.02. The van der Waals surface area contributed by atoms with Gasteiger partial charge in [-0.1, -0.05) is 11.6 Å². The Kier molecular flexibility index (Phi) is 6.54. The van der Waals surface area contributed by atoms with Crippen LogP contribution in [0.2, 0.25) is 5.02 Å². The maximum absolute atomic E-state index is 13.6. The molecule has 5 nitrogen and oxygen atoms in total. The number of carbonyl (C=O) groups excluding carboxylic acids is 1. The lowest BCUT2D eigenvalue weighted by atomic mass is 10.1. The predicted octanol–water partition coefficient (Wildman–Crippen LogP) is 3.45. The Bertz CT molecular complexity index is 756. The van der Waals surface area contributed by atoms with Gasteiger partial charge in [0.1, 0.15) is 0 Å². The van der Waals surface area contributed by atoms with Gasteiger partial charge >= 0.3 is 6.18 Å². The Hall–Kier alpha value is -1.77. The fourth-order valence-corrected chi connectivity index (χ4v) is 2.92. The summed E-state index contributed by atoms with van der Waals surface area (Å²) in [5, 5.41) is 9.98. The molecule has 2 N–H and O–H groups in total. The first kappa shape index (κ1) is 20.5. The van der Waals surface area contributed by atoms with Crippen LogP contribution in [0.4, 0.5) is 13.2 Å². The molecule has 3 rings (SSSR count). The second-order valence-electron chi connectivity index (χ2n) is 5.79. The van der Waals surface area contributed by atoms with Crippen molar-refractivity contribution in [1.82, 2.24) is 20.4 Å². The van der Waals surface area contributed by atoms with Crippen molar-refractivity contribution in [2.75, 3.05) is 13.1 Å². The summed E-state index contributed by atoms with van der Waals surface area (Å²) < 4.78 is 41.4. The molecule has 1 aromatic heterocycles. The van der Waals surface area contributed by atoms with E-state index in [0.29, 0.717) is 22.5 Å². The standard InChI is InChI=1S/C16H16ClF3N4O.ClH/c17-10-1-3-12(4-2-10)24-14(16(18,19)20)13(9-22-24)15(25)23-11-5-7-21-8-6-11;/h1-4,9,11,21H,5-8H2,(H,23,25);1H. The number of piperidine rings is 1. The second kappa shape index (κ2) is 8.28. The number of aromatic nitrogens is 2. The molecular formula is C16H17Cl2F3N4O. The monoisotopic (exact) mass is 408 g/mol. The van der Waals surface area contributed by atoms with Crippen molar-refractivity contribution in [3.63, 3.8) is 0 Å². The summed E-state index contributed by atoms with van der Waals surface area (Å²) in [6.45, 7) is 1.45. The van der Waals surface area contributed by atoms with Crippen molar-refractivity contribution >= 4 is 29.9 Å². The number of amides is 1. The summed E-state index contributed by atoms with van der Waals surface area (Å²) >= 11 is 5.77. The molecule has 2 heterocycles. The predicted molar refractivity (Wildman–Crippen MR) is 94.2 cm³/mol. The van der Waals surface area contributed by atoms with Crippen molar-refractivity contribution in [2.24, 2.45) is 0 Å². The van der Waals surface area contributed by atoms with Crippen LogP contribution in [0.3, 0.4) is 0 Å². The highest BCUT2D eigenvalue weighted by Gasteiger charge is 2.40. The Labute approximate surface area is 159 Å². The van der Waals surface area contributed by atoms with Gasteiger partial charge in [-0.2, -0.15) is 18.3 Å². The van der Waals surface area contributed by atoms with Crippen LogP contribution in [0.25, 0.3) is 5.69 Å². The average molecular weight is 409 g/mol. The van der Waals surface area contributed by atoms with Gasteiger partial charge in [-0.05, 0) is 50.2 Å². The molecule has 0 radical (unpaired) electrons. The van der Waals surface area contributed by atoms with Gasteiger partial charge in [0, 0.05) is 11.1 Å². The Balaban J connectivity index is 0.00000243. The third-order valence-electron chi connectivity index (χ3n) is 4.03. The molecule has 1 fully saturated rings. The summed E-state index contributed by atoms with van der Waals surface area (Å²) in [4.78, 5) is 12.4. The third kappa shape index (κ3) is 4.49. The number of carbonyl (C=O) groups is 1. The van der Waals surface area contributed by atoms with Crippen molar-refractivity contribution in [3.05, 3.63) is 46.7 Å². The minimum absolute atomic E-state index is 0. The lowest BCUT2D eigenvalue weighted by Crippen LogP contribution is -2.43. The summed E-state index contributed by atoms with van der Waals surface area (Å²) in [7, 11) is 0. The third-order valence-corrected chi connectivity index (χ3v) is 4.28. The van der Waals surface area contributed by atoms with E-state index in [0.717, 1.165) is 19.3 Å². The molecule has 0 unspecified atom stereocenters. The van der Waals surface area contributed by atoms with Crippen molar-refractivity contribution in [3.8, 4) is 5.69 Å². The maximum atomic E-state index is 13.6. The first-order valence-corrected chi connectivity index (χ1v) is 8.17. The highest BCUT2D eigenvalue weighted by Crippen LogP contribution is 2.34. The number of benzene rings is 1. The molecule has 0 saturated carbocycles. The maximum Gasteiger partial charge on any atom is 0.434 e. The van der Waals surface area contributed by atoms with Crippen molar-refractivity contribution in [1.29, 1.82) is 0 Å².